The molecular weight excluding hydrogens is 280 g/mol. The third-order valence-electron chi connectivity index (χ3n) is 3.94. The van der Waals surface area contributed by atoms with Crippen LogP contribution in [0.3, 0.4) is 0 Å². The summed E-state index contributed by atoms with van der Waals surface area (Å²) in [7, 11) is 0. The molecule has 0 aliphatic carbocycles. The van der Waals surface area contributed by atoms with Crippen molar-refractivity contribution in [3.05, 3.63) is 29.3 Å². The number of nitrogens with zero attached hydrogens (tertiary/aromatic N) is 2. The Balaban J connectivity index is 2.01. The molecule has 22 heavy (non-hydrogen) atoms. The molecule has 120 valence electrons. The van der Waals surface area contributed by atoms with E-state index in [1.165, 1.54) is 0 Å². The number of aryl methyl sites for hydroxylation is 1. The van der Waals surface area contributed by atoms with Crippen molar-refractivity contribution in [2.75, 3.05) is 32.8 Å². The molecule has 1 saturated heterocycles. The minimum absolute atomic E-state index is 0.0229. The fourth-order valence-corrected chi connectivity index (χ4v) is 2.67. The van der Waals surface area contributed by atoms with Gasteiger partial charge in [-0.1, -0.05) is 6.92 Å². The molecule has 1 fully saturated rings. The first-order chi connectivity index (χ1) is 10.6. The first-order valence-corrected chi connectivity index (χ1v) is 7.87. The Morgan fingerprint density at radius 3 is 2.27 bits per heavy atom. The van der Waals surface area contributed by atoms with Crippen LogP contribution in [0.25, 0.3) is 0 Å². The molecule has 1 aliphatic heterocycles. The second-order valence-electron chi connectivity index (χ2n) is 5.44. The van der Waals surface area contributed by atoms with Crippen LogP contribution in [0.4, 0.5) is 0 Å². The molecular formula is C17H24N2O3. The van der Waals surface area contributed by atoms with Crippen LogP contribution in [0.15, 0.2) is 18.2 Å². The quantitative estimate of drug-likeness (QED) is 0.856. The number of carbonyl (C=O) groups excluding carboxylic acids is 2. The van der Waals surface area contributed by atoms with Gasteiger partial charge in [-0.25, -0.2) is 0 Å². The van der Waals surface area contributed by atoms with Gasteiger partial charge < -0.3 is 14.5 Å². The molecule has 5 nitrogen and oxygen atoms in total. The van der Waals surface area contributed by atoms with E-state index in [0.717, 1.165) is 11.3 Å². The van der Waals surface area contributed by atoms with Crippen LogP contribution in [0.1, 0.15) is 36.2 Å². The Morgan fingerprint density at radius 1 is 1.09 bits per heavy atom. The van der Waals surface area contributed by atoms with Gasteiger partial charge in [0.15, 0.2) is 0 Å². The van der Waals surface area contributed by atoms with Crippen molar-refractivity contribution in [2.45, 2.75) is 27.2 Å². The molecule has 0 atom stereocenters. The molecule has 1 aromatic carbocycles. The Kier molecular flexibility index (Phi) is 5.41. The van der Waals surface area contributed by atoms with Crippen LogP contribution in [-0.4, -0.2) is 54.4 Å². The first kappa shape index (κ1) is 16.3. The van der Waals surface area contributed by atoms with E-state index in [9.17, 15) is 9.59 Å². The minimum atomic E-state index is 0.0229. The zero-order chi connectivity index (χ0) is 16.1. The predicted octanol–water partition coefficient (Wildman–Crippen LogP) is 2.09. The fraction of sp³-hybridized carbons (Fsp3) is 0.529. The van der Waals surface area contributed by atoms with Gasteiger partial charge in [0.05, 0.1) is 6.61 Å². The van der Waals surface area contributed by atoms with Gasteiger partial charge >= 0.3 is 0 Å². The van der Waals surface area contributed by atoms with Crippen LogP contribution in [0.5, 0.6) is 5.75 Å². The zero-order valence-corrected chi connectivity index (χ0v) is 13.6. The van der Waals surface area contributed by atoms with Gasteiger partial charge in [0.25, 0.3) is 5.91 Å². The Bertz CT molecular complexity index is 549. The number of benzene rings is 1. The van der Waals surface area contributed by atoms with E-state index in [1.54, 1.807) is 0 Å². The van der Waals surface area contributed by atoms with Crippen molar-refractivity contribution in [1.82, 2.24) is 9.80 Å². The van der Waals surface area contributed by atoms with Crippen LogP contribution in [0, 0.1) is 6.92 Å². The van der Waals surface area contributed by atoms with Crippen molar-refractivity contribution in [1.29, 1.82) is 0 Å². The summed E-state index contributed by atoms with van der Waals surface area (Å²) in [6, 6.07) is 5.53. The van der Waals surface area contributed by atoms with Gasteiger partial charge in [-0.2, -0.15) is 0 Å². The van der Waals surface area contributed by atoms with E-state index in [1.807, 2.05) is 48.8 Å². The lowest BCUT2D eigenvalue weighted by Crippen LogP contribution is -2.50. The number of hydrogen-bond acceptors (Lipinski definition) is 3. The SMILES string of the molecule is CCOc1ccc(C(=O)N2CCN(C(=O)CC)CC2)cc1C. The Morgan fingerprint density at radius 2 is 1.73 bits per heavy atom. The normalized spacial score (nSPS) is 14.9. The minimum Gasteiger partial charge on any atom is -0.494 e. The summed E-state index contributed by atoms with van der Waals surface area (Å²) in [6.45, 7) is 8.79. The molecule has 2 amide bonds. The largest absolute Gasteiger partial charge is 0.494 e. The maximum atomic E-state index is 12.5. The molecule has 1 aromatic rings. The lowest BCUT2D eigenvalue weighted by molar-refractivity contribution is -0.132. The number of rotatable bonds is 4. The lowest BCUT2D eigenvalue weighted by atomic mass is 10.1. The third kappa shape index (κ3) is 3.59. The molecule has 0 spiro atoms. The average molecular weight is 304 g/mol. The average Bonchev–Trinajstić information content (AvgIpc) is 2.55. The highest BCUT2D eigenvalue weighted by atomic mass is 16.5. The monoisotopic (exact) mass is 304 g/mol. The molecule has 0 saturated carbocycles. The summed E-state index contributed by atoms with van der Waals surface area (Å²) < 4.78 is 5.50. The van der Waals surface area contributed by atoms with Crippen LogP contribution in [-0.2, 0) is 4.79 Å². The Labute approximate surface area is 131 Å². The van der Waals surface area contributed by atoms with Crippen LogP contribution in [0.2, 0.25) is 0 Å². The maximum absolute atomic E-state index is 12.5. The summed E-state index contributed by atoms with van der Waals surface area (Å²) >= 11 is 0. The van der Waals surface area contributed by atoms with E-state index in [0.29, 0.717) is 44.8 Å². The lowest BCUT2D eigenvalue weighted by Gasteiger charge is -2.34. The van der Waals surface area contributed by atoms with E-state index in [2.05, 4.69) is 0 Å². The van der Waals surface area contributed by atoms with Crippen molar-refractivity contribution in [3.8, 4) is 5.75 Å². The number of hydrogen-bond donors (Lipinski definition) is 0. The first-order valence-electron chi connectivity index (χ1n) is 7.87. The van der Waals surface area contributed by atoms with Crippen molar-refractivity contribution >= 4 is 11.8 Å². The van der Waals surface area contributed by atoms with E-state index >= 15 is 0 Å². The van der Waals surface area contributed by atoms with Gasteiger partial charge in [0.2, 0.25) is 5.91 Å². The summed E-state index contributed by atoms with van der Waals surface area (Å²) in [5, 5.41) is 0. The van der Waals surface area contributed by atoms with Gasteiger partial charge in [-0.05, 0) is 37.6 Å². The number of carbonyl (C=O) groups is 2. The van der Waals surface area contributed by atoms with E-state index < -0.39 is 0 Å². The highest BCUT2D eigenvalue weighted by Crippen LogP contribution is 2.20. The van der Waals surface area contributed by atoms with Gasteiger partial charge in [-0.15, -0.1) is 0 Å². The summed E-state index contributed by atoms with van der Waals surface area (Å²) in [5.74, 6) is 0.996. The number of ether oxygens (including phenoxy) is 1. The van der Waals surface area contributed by atoms with E-state index in [4.69, 9.17) is 4.74 Å². The maximum Gasteiger partial charge on any atom is 0.253 e. The number of amides is 2. The second kappa shape index (κ2) is 7.29. The van der Waals surface area contributed by atoms with Gasteiger partial charge in [0.1, 0.15) is 5.75 Å². The van der Waals surface area contributed by atoms with Crippen LogP contribution < -0.4 is 4.74 Å². The third-order valence-corrected chi connectivity index (χ3v) is 3.94. The predicted molar refractivity (Wildman–Crippen MR) is 85.1 cm³/mol. The second-order valence-corrected chi connectivity index (χ2v) is 5.44. The highest BCUT2D eigenvalue weighted by Gasteiger charge is 2.24. The molecule has 0 aromatic heterocycles. The summed E-state index contributed by atoms with van der Waals surface area (Å²) in [5.41, 5.74) is 1.64. The summed E-state index contributed by atoms with van der Waals surface area (Å²) in [4.78, 5) is 27.9. The number of piperazine rings is 1. The molecule has 1 heterocycles. The Hall–Kier alpha value is -2.04. The van der Waals surface area contributed by atoms with Gasteiger partial charge in [0, 0.05) is 38.2 Å². The fourth-order valence-electron chi connectivity index (χ4n) is 2.67. The summed E-state index contributed by atoms with van der Waals surface area (Å²) in [6.07, 6.45) is 0.520. The standard InChI is InChI=1S/C17H24N2O3/c1-4-16(20)18-8-10-19(11-9-18)17(21)14-6-7-15(22-5-2)13(3)12-14/h6-7,12H,4-5,8-11H2,1-3H3. The molecule has 1 aliphatic rings. The zero-order valence-electron chi connectivity index (χ0n) is 13.6. The van der Waals surface area contributed by atoms with Crippen molar-refractivity contribution in [2.24, 2.45) is 0 Å². The highest BCUT2D eigenvalue weighted by molar-refractivity contribution is 5.94. The molecule has 0 N–H and O–H groups in total. The molecule has 0 radical (unpaired) electrons. The topological polar surface area (TPSA) is 49.9 Å². The van der Waals surface area contributed by atoms with Crippen molar-refractivity contribution in [3.63, 3.8) is 0 Å². The van der Waals surface area contributed by atoms with Crippen molar-refractivity contribution < 1.29 is 14.3 Å². The smallest absolute Gasteiger partial charge is 0.253 e. The van der Waals surface area contributed by atoms with Gasteiger partial charge in [-0.3, -0.25) is 9.59 Å². The molecule has 0 bridgehead atoms. The van der Waals surface area contributed by atoms with E-state index in [-0.39, 0.29) is 11.8 Å². The molecule has 5 heteroatoms. The molecule has 2 rings (SSSR count). The molecule has 0 unspecified atom stereocenters. The van der Waals surface area contributed by atoms with Crippen LogP contribution >= 0.6 is 0 Å².